The highest BCUT2D eigenvalue weighted by molar-refractivity contribution is 5.87. The summed E-state index contributed by atoms with van der Waals surface area (Å²) < 4.78 is 26.5. The van der Waals surface area contributed by atoms with Gasteiger partial charge in [-0.25, -0.2) is 8.78 Å². The van der Waals surface area contributed by atoms with Crippen molar-refractivity contribution >= 4 is 11.9 Å². The van der Waals surface area contributed by atoms with E-state index >= 15 is 0 Å². The molecule has 176 valence electrons. The summed E-state index contributed by atoms with van der Waals surface area (Å²) in [6.07, 6.45) is 3.69. The van der Waals surface area contributed by atoms with Crippen LogP contribution in [-0.2, 0) is 16.9 Å². The van der Waals surface area contributed by atoms with E-state index in [1.165, 1.54) is 6.07 Å². The second kappa shape index (κ2) is 9.87. The molecule has 1 aliphatic heterocycles. The van der Waals surface area contributed by atoms with Crippen LogP contribution < -0.4 is 5.32 Å². The number of carbonyl (C=O) groups is 1. The quantitative estimate of drug-likeness (QED) is 0.477. The lowest BCUT2D eigenvalue weighted by molar-refractivity contribution is -0.160. The van der Waals surface area contributed by atoms with Gasteiger partial charge in [0.1, 0.15) is 0 Å². The van der Waals surface area contributed by atoms with E-state index in [1.54, 1.807) is 9.80 Å². The number of benzene rings is 2. The van der Waals surface area contributed by atoms with Gasteiger partial charge in [0.2, 0.25) is 0 Å². The van der Waals surface area contributed by atoms with Crippen molar-refractivity contribution in [1.82, 2.24) is 15.1 Å². The van der Waals surface area contributed by atoms with E-state index in [1.807, 2.05) is 30.3 Å². The van der Waals surface area contributed by atoms with E-state index < -0.39 is 17.2 Å². The number of nitrogens with zero attached hydrogens (tertiary/aromatic N) is 2. The van der Waals surface area contributed by atoms with Crippen molar-refractivity contribution < 1.29 is 18.7 Å². The summed E-state index contributed by atoms with van der Waals surface area (Å²) in [7, 11) is 0. The number of piperazine rings is 1. The van der Waals surface area contributed by atoms with Crippen molar-refractivity contribution in [2.75, 3.05) is 26.2 Å². The maximum Gasteiger partial charge on any atom is 0.259 e. The average Bonchev–Trinajstić information content (AvgIpc) is 3.40. The van der Waals surface area contributed by atoms with Gasteiger partial charge in [0.05, 0.1) is 0 Å². The first-order valence-corrected chi connectivity index (χ1v) is 11.5. The molecule has 4 rings (SSSR count). The summed E-state index contributed by atoms with van der Waals surface area (Å²) >= 11 is 0. The van der Waals surface area contributed by atoms with Crippen LogP contribution in [0, 0.1) is 23.0 Å². The number of amides is 1. The van der Waals surface area contributed by atoms with Crippen LogP contribution in [0.4, 0.5) is 8.78 Å². The van der Waals surface area contributed by atoms with Gasteiger partial charge in [-0.15, -0.1) is 0 Å². The molecule has 1 unspecified atom stereocenters. The molecule has 0 radical (unpaired) electrons. The maximum atomic E-state index is 13.6. The second-order valence-corrected chi connectivity index (χ2v) is 8.84. The third kappa shape index (κ3) is 4.85. The van der Waals surface area contributed by atoms with Crippen LogP contribution >= 0.6 is 0 Å². The number of carbonyl (C=O) groups excluding carboxylic acids is 1. The first-order chi connectivity index (χ1) is 15.9. The van der Waals surface area contributed by atoms with Gasteiger partial charge in [0, 0.05) is 38.6 Å². The predicted molar refractivity (Wildman–Crippen MR) is 121 cm³/mol. The molecule has 2 aliphatic rings. The first-order valence-electron chi connectivity index (χ1n) is 11.5. The van der Waals surface area contributed by atoms with Gasteiger partial charge in [-0.3, -0.25) is 10.2 Å². The lowest BCUT2D eigenvalue weighted by atomic mass is 9.79. The first kappa shape index (κ1) is 23.2. The van der Waals surface area contributed by atoms with Gasteiger partial charge in [0.15, 0.2) is 23.2 Å². The normalized spacial score (nSPS) is 18.8. The number of aliphatic hydroxyl groups is 1. The summed E-state index contributed by atoms with van der Waals surface area (Å²) in [5.74, 6) is -2.01. The molecule has 33 heavy (non-hydrogen) atoms. The molecule has 0 bridgehead atoms. The van der Waals surface area contributed by atoms with Gasteiger partial charge in [-0.05, 0) is 36.1 Å². The van der Waals surface area contributed by atoms with Gasteiger partial charge in [-0.1, -0.05) is 49.2 Å². The standard InChI is InChI=1S/C25H30F2N4O2/c26-21-11-10-18(16-22(21)27)17-29-24(28)31-14-12-30(13-15-31)23(32)25(33,20-8-4-5-9-20)19-6-2-1-3-7-19/h1-3,6-7,10-11,16,20,33H,4-5,8-9,12-15,17H2,(H2,28,29). The Morgan fingerprint density at radius 2 is 1.64 bits per heavy atom. The Balaban J connectivity index is 1.37. The Morgan fingerprint density at radius 1 is 1.00 bits per heavy atom. The van der Waals surface area contributed by atoms with Crippen LogP contribution in [0.15, 0.2) is 48.5 Å². The Kier molecular flexibility index (Phi) is 6.93. The SMILES string of the molecule is N=C(NCc1ccc(F)c(F)c1)N1CCN(C(=O)C(O)(c2ccccc2)C2CCCC2)CC1. The second-order valence-electron chi connectivity index (χ2n) is 8.84. The van der Waals surface area contributed by atoms with E-state index in [2.05, 4.69) is 5.32 Å². The number of hydrogen-bond donors (Lipinski definition) is 3. The molecule has 1 aliphatic carbocycles. The molecule has 1 saturated heterocycles. The topological polar surface area (TPSA) is 79.7 Å². The highest BCUT2D eigenvalue weighted by Crippen LogP contribution is 2.42. The van der Waals surface area contributed by atoms with Crippen LogP contribution in [0.5, 0.6) is 0 Å². The maximum absolute atomic E-state index is 13.6. The fraction of sp³-hybridized carbons (Fsp3) is 0.440. The molecule has 1 atom stereocenters. The third-order valence-corrected chi connectivity index (χ3v) is 6.81. The lowest BCUT2D eigenvalue weighted by Crippen LogP contribution is -2.58. The van der Waals surface area contributed by atoms with Crippen LogP contribution in [0.2, 0.25) is 0 Å². The van der Waals surface area contributed by atoms with Gasteiger partial charge in [0.25, 0.3) is 5.91 Å². The van der Waals surface area contributed by atoms with Crippen molar-refractivity contribution in [2.24, 2.45) is 5.92 Å². The van der Waals surface area contributed by atoms with Crippen molar-refractivity contribution in [3.8, 4) is 0 Å². The molecule has 1 amide bonds. The fourth-order valence-electron chi connectivity index (χ4n) is 4.89. The average molecular weight is 457 g/mol. The summed E-state index contributed by atoms with van der Waals surface area (Å²) in [6.45, 7) is 1.90. The molecule has 1 saturated carbocycles. The van der Waals surface area contributed by atoms with E-state index in [4.69, 9.17) is 5.41 Å². The van der Waals surface area contributed by atoms with Crippen LogP contribution in [0.25, 0.3) is 0 Å². The molecule has 1 heterocycles. The molecule has 6 nitrogen and oxygen atoms in total. The molecule has 0 aromatic heterocycles. The molecule has 3 N–H and O–H groups in total. The van der Waals surface area contributed by atoms with E-state index in [9.17, 15) is 18.7 Å². The minimum absolute atomic E-state index is 0.0958. The van der Waals surface area contributed by atoms with Crippen molar-refractivity contribution in [2.45, 2.75) is 37.8 Å². The third-order valence-electron chi connectivity index (χ3n) is 6.81. The van der Waals surface area contributed by atoms with Crippen LogP contribution in [0.1, 0.15) is 36.8 Å². The fourth-order valence-corrected chi connectivity index (χ4v) is 4.89. The number of rotatable bonds is 5. The zero-order chi connectivity index (χ0) is 23.4. The van der Waals surface area contributed by atoms with E-state index in [-0.39, 0.29) is 24.3 Å². The van der Waals surface area contributed by atoms with Crippen molar-refractivity contribution in [1.29, 1.82) is 5.41 Å². The minimum atomic E-state index is -1.53. The Hall–Kier alpha value is -3.00. The summed E-state index contributed by atoms with van der Waals surface area (Å²) in [5, 5.41) is 22.9. The molecule has 2 aromatic carbocycles. The predicted octanol–water partition coefficient (Wildman–Crippen LogP) is 3.21. The Labute approximate surface area is 192 Å². The highest BCUT2D eigenvalue weighted by Gasteiger charge is 2.48. The monoisotopic (exact) mass is 456 g/mol. The molecule has 2 aromatic rings. The minimum Gasteiger partial charge on any atom is -0.375 e. The number of halogens is 2. The smallest absolute Gasteiger partial charge is 0.259 e. The van der Waals surface area contributed by atoms with Crippen LogP contribution in [0.3, 0.4) is 0 Å². The summed E-state index contributed by atoms with van der Waals surface area (Å²) in [6, 6.07) is 12.9. The van der Waals surface area contributed by atoms with Gasteiger partial charge in [-0.2, -0.15) is 0 Å². The molecular formula is C25H30F2N4O2. The molecule has 2 fully saturated rings. The van der Waals surface area contributed by atoms with Gasteiger partial charge >= 0.3 is 0 Å². The van der Waals surface area contributed by atoms with Crippen LogP contribution in [-0.4, -0.2) is 53.0 Å². The zero-order valence-electron chi connectivity index (χ0n) is 18.6. The highest BCUT2D eigenvalue weighted by atomic mass is 19.2. The van der Waals surface area contributed by atoms with Crippen molar-refractivity contribution in [3.63, 3.8) is 0 Å². The lowest BCUT2D eigenvalue weighted by Gasteiger charge is -2.42. The Bertz CT molecular complexity index is 989. The Morgan fingerprint density at radius 3 is 2.27 bits per heavy atom. The van der Waals surface area contributed by atoms with E-state index in [0.717, 1.165) is 37.8 Å². The largest absolute Gasteiger partial charge is 0.375 e. The van der Waals surface area contributed by atoms with E-state index in [0.29, 0.717) is 37.3 Å². The molecule has 0 spiro atoms. The number of nitrogens with one attached hydrogen (secondary N) is 2. The zero-order valence-corrected chi connectivity index (χ0v) is 18.6. The number of guanidine groups is 1. The summed E-state index contributed by atoms with van der Waals surface area (Å²) in [5.41, 5.74) is -0.347. The molecule has 8 heteroatoms. The summed E-state index contributed by atoms with van der Waals surface area (Å²) in [4.78, 5) is 17.1. The molecular weight excluding hydrogens is 426 g/mol. The number of hydrogen-bond acceptors (Lipinski definition) is 3. The van der Waals surface area contributed by atoms with Gasteiger partial charge < -0.3 is 20.2 Å². The van der Waals surface area contributed by atoms with Crippen molar-refractivity contribution in [3.05, 3.63) is 71.3 Å².